The lowest BCUT2D eigenvalue weighted by atomic mass is 9.88. The van der Waals surface area contributed by atoms with Crippen LogP contribution in [0.4, 0.5) is 19.0 Å². The molecule has 1 N–H and O–H groups in total. The van der Waals surface area contributed by atoms with Crippen molar-refractivity contribution in [1.29, 1.82) is 0 Å². The first-order chi connectivity index (χ1) is 8.97. The summed E-state index contributed by atoms with van der Waals surface area (Å²) in [5, 5.41) is 2.84. The van der Waals surface area contributed by atoms with E-state index in [-0.39, 0.29) is 11.2 Å². The minimum absolute atomic E-state index is 0.0953. The maximum absolute atomic E-state index is 12.8. The van der Waals surface area contributed by atoms with E-state index in [0.717, 1.165) is 31.7 Å². The second-order valence-corrected chi connectivity index (χ2v) is 5.36. The van der Waals surface area contributed by atoms with Crippen molar-refractivity contribution in [2.45, 2.75) is 31.9 Å². The van der Waals surface area contributed by atoms with Gasteiger partial charge in [-0.25, -0.2) is 4.98 Å². The third-order valence-electron chi connectivity index (χ3n) is 3.69. The lowest BCUT2D eigenvalue weighted by Gasteiger charge is -2.27. The molecule has 0 radical (unpaired) electrons. The van der Waals surface area contributed by atoms with Gasteiger partial charge >= 0.3 is 6.18 Å². The lowest BCUT2D eigenvalue weighted by molar-refractivity contribution is -0.137. The number of nitrogens with one attached hydrogen (secondary N) is 1. The van der Waals surface area contributed by atoms with Gasteiger partial charge in [-0.3, -0.25) is 0 Å². The zero-order chi connectivity index (χ0) is 13.9. The van der Waals surface area contributed by atoms with Gasteiger partial charge in [0, 0.05) is 24.0 Å². The molecule has 0 unspecified atom stereocenters. The van der Waals surface area contributed by atoms with Crippen LogP contribution in [0.1, 0.15) is 31.2 Å². The molecule has 0 spiro atoms. The van der Waals surface area contributed by atoms with Crippen LogP contribution < -0.4 is 5.32 Å². The van der Waals surface area contributed by atoms with Crippen molar-refractivity contribution < 1.29 is 13.2 Å². The Morgan fingerprint density at radius 3 is 2.58 bits per heavy atom. The summed E-state index contributed by atoms with van der Waals surface area (Å²) in [6, 6.07) is 2.33. The Bertz CT molecular complexity index is 428. The summed E-state index contributed by atoms with van der Waals surface area (Å²) >= 11 is 5.98. The van der Waals surface area contributed by atoms with Crippen LogP contribution >= 0.6 is 11.6 Å². The number of hydrogen-bond donors (Lipinski definition) is 1. The first kappa shape index (κ1) is 14.4. The van der Waals surface area contributed by atoms with E-state index >= 15 is 0 Å². The molecule has 2 rings (SSSR count). The maximum Gasteiger partial charge on any atom is 0.419 e. The van der Waals surface area contributed by atoms with Crippen molar-refractivity contribution in [3.63, 3.8) is 0 Å². The number of rotatable bonds is 4. The molecule has 1 saturated carbocycles. The SMILES string of the molecule is FC(F)(F)c1cccnc1NCC1(CCl)CCCC1. The second kappa shape index (κ2) is 5.57. The normalized spacial score (nSPS) is 18.5. The minimum atomic E-state index is -4.39. The first-order valence-corrected chi connectivity index (χ1v) is 6.82. The topological polar surface area (TPSA) is 24.9 Å². The van der Waals surface area contributed by atoms with Gasteiger partial charge in [-0.15, -0.1) is 11.6 Å². The number of hydrogen-bond acceptors (Lipinski definition) is 2. The van der Waals surface area contributed by atoms with Crippen molar-refractivity contribution in [1.82, 2.24) is 4.98 Å². The highest BCUT2D eigenvalue weighted by atomic mass is 35.5. The van der Waals surface area contributed by atoms with Crippen LogP contribution in [-0.4, -0.2) is 17.4 Å². The van der Waals surface area contributed by atoms with Gasteiger partial charge in [-0.2, -0.15) is 13.2 Å². The predicted octanol–water partition coefficient (Wildman–Crippen LogP) is 4.31. The van der Waals surface area contributed by atoms with Gasteiger partial charge in [-0.1, -0.05) is 12.8 Å². The summed E-state index contributed by atoms with van der Waals surface area (Å²) in [5.74, 6) is 0.361. The molecule has 0 aromatic carbocycles. The van der Waals surface area contributed by atoms with Gasteiger partial charge in [0.15, 0.2) is 0 Å². The summed E-state index contributed by atoms with van der Waals surface area (Å²) in [6.07, 6.45) is 1.06. The molecular formula is C13H16ClF3N2. The fourth-order valence-electron chi connectivity index (χ4n) is 2.53. The maximum atomic E-state index is 12.8. The van der Waals surface area contributed by atoms with Gasteiger partial charge in [-0.05, 0) is 25.0 Å². The summed E-state index contributed by atoms with van der Waals surface area (Å²) in [4.78, 5) is 3.80. The van der Waals surface area contributed by atoms with Gasteiger partial charge in [0.05, 0.1) is 5.56 Å². The average Bonchev–Trinajstić information content (AvgIpc) is 2.85. The molecule has 106 valence electrons. The number of halogens is 4. The quantitative estimate of drug-likeness (QED) is 0.836. The van der Waals surface area contributed by atoms with Crippen LogP contribution in [0.2, 0.25) is 0 Å². The van der Waals surface area contributed by atoms with Gasteiger partial charge < -0.3 is 5.32 Å². The molecule has 6 heteroatoms. The zero-order valence-corrected chi connectivity index (χ0v) is 11.2. The van der Waals surface area contributed by atoms with Crippen molar-refractivity contribution in [3.05, 3.63) is 23.9 Å². The average molecular weight is 293 g/mol. The molecule has 1 heterocycles. The highest BCUT2D eigenvalue weighted by Crippen LogP contribution is 2.40. The molecule has 1 aromatic rings. The van der Waals surface area contributed by atoms with E-state index in [0.29, 0.717) is 12.4 Å². The number of aromatic nitrogens is 1. The molecule has 0 saturated heterocycles. The Morgan fingerprint density at radius 2 is 2.00 bits per heavy atom. The van der Waals surface area contributed by atoms with E-state index in [1.165, 1.54) is 12.3 Å². The summed E-state index contributed by atoms with van der Waals surface area (Å²) in [5.41, 5.74) is -0.820. The van der Waals surface area contributed by atoms with Crippen LogP contribution in [0.3, 0.4) is 0 Å². The molecule has 0 amide bonds. The van der Waals surface area contributed by atoms with Crippen LogP contribution in [0.15, 0.2) is 18.3 Å². The van der Waals surface area contributed by atoms with E-state index in [1.807, 2.05) is 0 Å². The van der Waals surface area contributed by atoms with Gasteiger partial charge in [0.1, 0.15) is 5.82 Å². The monoisotopic (exact) mass is 292 g/mol. The summed E-state index contributed by atoms with van der Waals surface area (Å²) < 4.78 is 38.5. The molecule has 1 aromatic heterocycles. The number of pyridine rings is 1. The van der Waals surface area contributed by atoms with E-state index in [2.05, 4.69) is 10.3 Å². The van der Waals surface area contributed by atoms with E-state index < -0.39 is 11.7 Å². The number of alkyl halides is 4. The largest absolute Gasteiger partial charge is 0.419 e. The highest BCUT2D eigenvalue weighted by Gasteiger charge is 2.36. The summed E-state index contributed by atoms with van der Waals surface area (Å²) in [6.45, 7) is 0.441. The Morgan fingerprint density at radius 1 is 1.32 bits per heavy atom. The third-order valence-corrected chi connectivity index (χ3v) is 4.26. The smallest absolute Gasteiger partial charge is 0.369 e. The number of nitrogens with zero attached hydrogens (tertiary/aromatic N) is 1. The van der Waals surface area contributed by atoms with Crippen molar-refractivity contribution in [3.8, 4) is 0 Å². The van der Waals surface area contributed by atoms with Crippen molar-refractivity contribution in [2.24, 2.45) is 5.41 Å². The standard InChI is InChI=1S/C13H16ClF3N2/c14-8-12(5-1-2-6-12)9-19-11-10(13(15,16)17)4-3-7-18-11/h3-4,7H,1-2,5-6,8-9H2,(H,18,19). The highest BCUT2D eigenvalue weighted by molar-refractivity contribution is 6.18. The zero-order valence-electron chi connectivity index (χ0n) is 10.4. The molecule has 1 fully saturated rings. The van der Waals surface area contributed by atoms with Crippen LogP contribution in [-0.2, 0) is 6.18 Å². The number of anilines is 1. The van der Waals surface area contributed by atoms with E-state index in [4.69, 9.17) is 11.6 Å². The predicted molar refractivity (Wildman–Crippen MR) is 69.3 cm³/mol. The van der Waals surface area contributed by atoms with Crippen molar-refractivity contribution in [2.75, 3.05) is 17.7 Å². The van der Waals surface area contributed by atoms with Gasteiger partial charge in [0.2, 0.25) is 0 Å². The molecule has 2 nitrogen and oxygen atoms in total. The van der Waals surface area contributed by atoms with Crippen LogP contribution in [0, 0.1) is 5.41 Å². The fourth-order valence-corrected chi connectivity index (χ4v) is 2.89. The lowest BCUT2D eigenvalue weighted by Crippen LogP contribution is -2.29. The molecule has 0 bridgehead atoms. The first-order valence-electron chi connectivity index (χ1n) is 6.29. The van der Waals surface area contributed by atoms with Gasteiger partial charge in [0.25, 0.3) is 0 Å². The molecular weight excluding hydrogens is 277 g/mol. The molecule has 1 aliphatic rings. The Balaban J connectivity index is 2.11. The van der Waals surface area contributed by atoms with Crippen LogP contribution in [0.5, 0.6) is 0 Å². The molecule has 1 aliphatic carbocycles. The van der Waals surface area contributed by atoms with Crippen molar-refractivity contribution >= 4 is 17.4 Å². The van der Waals surface area contributed by atoms with Crippen LogP contribution in [0.25, 0.3) is 0 Å². The minimum Gasteiger partial charge on any atom is -0.369 e. The summed E-state index contributed by atoms with van der Waals surface area (Å²) in [7, 11) is 0. The second-order valence-electron chi connectivity index (χ2n) is 5.09. The Labute approximate surface area is 115 Å². The Hall–Kier alpha value is -0.970. The molecule has 0 atom stereocenters. The Kier molecular flexibility index (Phi) is 4.23. The fraction of sp³-hybridized carbons (Fsp3) is 0.615. The third kappa shape index (κ3) is 3.32. The molecule has 0 aliphatic heterocycles. The molecule has 19 heavy (non-hydrogen) atoms. The van der Waals surface area contributed by atoms with E-state index in [1.54, 1.807) is 0 Å². The van der Waals surface area contributed by atoms with E-state index in [9.17, 15) is 13.2 Å².